The Morgan fingerprint density at radius 3 is 2.30 bits per heavy atom. The third kappa shape index (κ3) is 4.82. The first-order valence-corrected chi connectivity index (χ1v) is 10.2. The number of benzene rings is 2. The quantitative estimate of drug-likeness (QED) is 0.576. The van der Waals surface area contributed by atoms with Crippen molar-refractivity contribution in [2.75, 3.05) is 18.5 Å². The number of carbonyl (C=O) groups excluding carboxylic acids is 1. The van der Waals surface area contributed by atoms with Gasteiger partial charge in [0.15, 0.2) is 11.5 Å². The summed E-state index contributed by atoms with van der Waals surface area (Å²) in [6.07, 6.45) is 0. The number of hydrogen-bond acceptors (Lipinski definition) is 4. The van der Waals surface area contributed by atoms with E-state index in [0.29, 0.717) is 36.8 Å². The predicted molar refractivity (Wildman–Crippen MR) is 119 cm³/mol. The standard InChI is InChI=1S/C24H29N3O3/c1-6-29-21-13-12-20(14-22(21)30-7-2)24(28)25-23-17(4)26-27(18(23)5)15-19-10-8-16(3)9-11-19/h8-14H,6-7,15H2,1-5H3,(H,25,28). The van der Waals surface area contributed by atoms with E-state index in [4.69, 9.17) is 9.47 Å². The first-order chi connectivity index (χ1) is 14.4. The first kappa shape index (κ1) is 21.4. The molecule has 0 aliphatic rings. The molecule has 6 heteroatoms. The molecule has 1 heterocycles. The van der Waals surface area contributed by atoms with Crippen LogP contribution in [0, 0.1) is 20.8 Å². The number of hydrogen-bond donors (Lipinski definition) is 1. The fourth-order valence-electron chi connectivity index (χ4n) is 3.28. The second-order valence-corrected chi connectivity index (χ2v) is 7.17. The van der Waals surface area contributed by atoms with Crippen LogP contribution in [0.3, 0.4) is 0 Å². The van der Waals surface area contributed by atoms with Crippen molar-refractivity contribution >= 4 is 11.6 Å². The average molecular weight is 408 g/mol. The molecule has 1 amide bonds. The van der Waals surface area contributed by atoms with Gasteiger partial charge in [0, 0.05) is 5.56 Å². The summed E-state index contributed by atoms with van der Waals surface area (Å²) in [6, 6.07) is 13.6. The van der Waals surface area contributed by atoms with Gasteiger partial charge in [0.2, 0.25) is 0 Å². The van der Waals surface area contributed by atoms with E-state index in [0.717, 1.165) is 22.6 Å². The van der Waals surface area contributed by atoms with Crippen molar-refractivity contribution in [1.82, 2.24) is 9.78 Å². The largest absolute Gasteiger partial charge is 0.490 e. The van der Waals surface area contributed by atoms with Gasteiger partial charge in [0.05, 0.1) is 36.8 Å². The predicted octanol–water partition coefficient (Wildman–Crippen LogP) is 4.91. The highest BCUT2D eigenvalue weighted by atomic mass is 16.5. The van der Waals surface area contributed by atoms with Crippen molar-refractivity contribution in [2.24, 2.45) is 0 Å². The average Bonchev–Trinajstić information content (AvgIpc) is 2.98. The molecule has 2 aromatic carbocycles. The molecule has 0 aliphatic carbocycles. The molecule has 0 fully saturated rings. The van der Waals surface area contributed by atoms with Gasteiger partial charge in [-0.1, -0.05) is 29.8 Å². The van der Waals surface area contributed by atoms with E-state index in [9.17, 15) is 4.79 Å². The minimum atomic E-state index is -0.208. The number of nitrogens with zero attached hydrogens (tertiary/aromatic N) is 2. The van der Waals surface area contributed by atoms with Crippen LogP contribution in [-0.4, -0.2) is 28.9 Å². The molecule has 0 atom stereocenters. The molecule has 0 unspecified atom stereocenters. The van der Waals surface area contributed by atoms with Crippen molar-refractivity contribution in [3.05, 3.63) is 70.5 Å². The van der Waals surface area contributed by atoms with E-state index < -0.39 is 0 Å². The van der Waals surface area contributed by atoms with Gasteiger partial charge in [0.1, 0.15) is 0 Å². The number of rotatable bonds is 8. The summed E-state index contributed by atoms with van der Waals surface area (Å²) in [4.78, 5) is 12.9. The van der Waals surface area contributed by atoms with Crippen LogP contribution in [0.4, 0.5) is 5.69 Å². The Bertz CT molecular complexity index is 1020. The van der Waals surface area contributed by atoms with Crippen LogP contribution < -0.4 is 14.8 Å². The molecule has 30 heavy (non-hydrogen) atoms. The van der Waals surface area contributed by atoms with E-state index in [1.807, 2.05) is 32.4 Å². The molecular formula is C24H29N3O3. The SMILES string of the molecule is CCOc1ccc(C(=O)Nc2c(C)nn(Cc3ccc(C)cc3)c2C)cc1OCC. The van der Waals surface area contributed by atoms with Gasteiger partial charge in [-0.3, -0.25) is 9.48 Å². The molecule has 0 bridgehead atoms. The van der Waals surface area contributed by atoms with Crippen LogP contribution in [-0.2, 0) is 6.54 Å². The Kier molecular flexibility index (Phi) is 6.77. The number of aromatic nitrogens is 2. The number of aryl methyl sites for hydroxylation is 2. The molecule has 1 N–H and O–H groups in total. The molecule has 3 aromatic rings. The molecule has 0 spiro atoms. The molecule has 0 saturated heterocycles. The summed E-state index contributed by atoms with van der Waals surface area (Å²) >= 11 is 0. The topological polar surface area (TPSA) is 65.4 Å². The van der Waals surface area contributed by atoms with Gasteiger partial charge in [-0.2, -0.15) is 5.10 Å². The lowest BCUT2D eigenvalue weighted by Crippen LogP contribution is -2.14. The molecule has 6 nitrogen and oxygen atoms in total. The summed E-state index contributed by atoms with van der Waals surface area (Å²) in [5, 5.41) is 7.63. The molecule has 0 aliphatic heterocycles. The third-order valence-electron chi connectivity index (χ3n) is 4.88. The van der Waals surface area contributed by atoms with Crippen molar-refractivity contribution in [3.8, 4) is 11.5 Å². The maximum atomic E-state index is 12.9. The van der Waals surface area contributed by atoms with Crippen LogP contribution in [0.25, 0.3) is 0 Å². The van der Waals surface area contributed by atoms with E-state index in [2.05, 4.69) is 41.6 Å². The Hall–Kier alpha value is -3.28. The minimum Gasteiger partial charge on any atom is -0.490 e. The monoisotopic (exact) mass is 407 g/mol. The summed E-state index contributed by atoms with van der Waals surface area (Å²) in [6.45, 7) is 11.4. The second-order valence-electron chi connectivity index (χ2n) is 7.17. The highest BCUT2D eigenvalue weighted by molar-refractivity contribution is 6.05. The van der Waals surface area contributed by atoms with Crippen LogP contribution in [0.5, 0.6) is 11.5 Å². The number of ether oxygens (including phenoxy) is 2. The first-order valence-electron chi connectivity index (χ1n) is 10.2. The summed E-state index contributed by atoms with van der Waals surface area (Å²) < 4.78 is 13.1. The van der Waals surface area contributed by atoms with Gasteiger partial charge < -0.3 is 14.8 Å². The molecule has 0 saturated carbocycles. The third-order valence-corrected chi connectivity index (χ3v) is 4.88. The molecule has 3 rings (SSSR count). The van der Waals surface area contributed by atoms with Gasteiger partial charge in [-0.25, -0.2) is 0 Å². The van der Waals surface area contributed by atoms with Gasteiger partial charge >= 0.3 is 0 Å². The molecule has 0 radical (unpaired) electrons. The van der Waals surface area contributed by atoms with Crippen molar-refractivity contribution in [3.63, 3.8) is 0 Å². The van der Waals surface area contributed by atoms with E-state index in [1.165, 1.54) is 5.56 Å². The van der Waals surface area contributed by atoms with Gasteiger partial charge in [0.25, 0.3) is 5.91 Å². The van der Waals surface area contributed by atoms with Crippen LogP contribution in [0.2, 0.25) is 0 Å². The van der Waals surface area contributed by atoms with Gasteiger partial charge in [-0.05, 0) is 58.4 Å². The Morgan fingerprint density at radius 1 is 0.967 bits per heavy atom. The minimum absolute atomic E-state index is 0.208. The van der Waals surface area contributed by atoms with E-state index in [-0.39, 0.29) is 5.91 Å². The van der Waals surface area contributed by atoms with Crippen LogP contribution in [0.1, 0.15) is 46.7 Å². The number of anilines is 1. The number of amides is 1. The van der Waals surface area contributed by atoms with Crippen LogP contribution in [0.15, 0.2) is 42.5 Å². The van der Waals surface area contributed by atoms with E-state index >= 15 is 0 Å². The zero-order valence-corrected chi connectivity index (χ0v) is 18.3. The highest BCUT2D eigenvalue weighted by Crippen LogP contribution is 2.29. The molecule has 1 aromatic heterocycles. The fraction of sp³-hybridized carbons (Fsp3) is 0.333. The maximum absolute atomic E-state index is 12.9. The van der Waals surface area contributed by atoms with Crippen molar-refractivity contribution in [2.45, 2.75) is 41.2 Å². The zero-order chi connectivity index (χ0) is 21.7. The Balaban J connectivity index is 1.80. The smallest absolute Gasteiger partial charge is 0.255 e. The van der Waals surface area contributed by atoms with Crippen molar-refractivity contribution < 1.29 is 14.3 Å². The lowest BCUT2D eigenvalue weighted by atomic mass is 10.1. The molecular weight excluding hydrogens is 378 g/mol. The molecule has 158 valence electrons. The van der Waals surface area contributed by atoms with Crippen LogP contribution >= 0.6 is 0 Å². The summed E-state index contributed by atoms with van der Waals surface area (Å²) in [5.41, 5.74) is 5.33. The number of carbonyl (C=O) groups is 1. The fourth-order valence-corrected chi connectivity index (χ4v) is 3.28. The zero-order valence-electron chi connectivity index (χ0n) is 18.3. The Labute approximate surface area is 177 Å². The van der Waals surface area contributed by atoms with Crippen molar-refractivity contribution in [1.29, 1.82) is 0 Å². The normalized spacial score (nSPS) is 10.7. The lowest BCUT2D eigenvalue weighted by molar-refractivity contribution is 0.102. The maximum Gasteiger partial charge on any atom is 0.255 e. The second kappa shape index (κ2) is 9.48. The summed E-state index contributed by atoms with van der Waals surface area (Å²) in [5.74, 6) is 0.991. The lowest BCUT2D eigenvalue weighted by Gasteiger charge is -2.13. The Morgan fingerprint density at radius 2 is 1.63 bits per heavy atom. The summed E-state index contributed by atoms with van der Waals surface area (Å²) in [7, 11) is 0. The van der Waals surface area contributed by atoms with E-state index in [1.54, 1.807) is 18.2 Å². The van der Waals surface area contributed by atoms with Gasteiger partial charge in [-0.15, -0.1) is 0 Å². The highest BCUT2D eigenvalue weighted by Gasteiger charge is 2.17. The number of nitrogens with one attached hydrogen (secondary N) is 1.